The van der Waals surface area contributed by atoms with Crippen molar-refractivity contribution in [3.8, 4) is 17.6 Å². The Balaban J connectivity index is 3.05. The summed E-state index contributed by atoms with van der Waals surface area (Å²) < 4.78 is 0. The first-order valence-electron chi connectivity index (χ1n) is 5.00. The molecular formula is C13H14O3. The maximum absolute atomic E-state index is 10.9. The van der Waals surface area contributed by atoms with Crippen LogP contribution in [0.5, 0.6) is 5.75 Å². The van der Waals surface area contributed by atoms with Gasteiger partial charge in [0.05, 0.1) is 11.8 Å². The summed E-state index contributed by atoms with van der Waals surface area (Å²) >= 11 is 0. The molecule has 0 aliphatic carbocycles. The number of aromatic hydroxyl groups is 1. The number of aliphatic carboxylic acids is 1. The molecule has 1 aromatic carbocycles. The van der Waals surface area contributed by atoms with Crippen molar-refractivity contribution >= 4 is 5.97 Å². The molecule has 1 aromatic rings. The maximum Gasteiger partial charge on any atom is 0.307 e. The van der Waals surface area contributed by atoms with Gasteiger partial charge in [0.1, 0.15) is 5.75 Å². The number of carbonyl (C=O) groups is 1. The zero-order chi connectivity index (χ0) is 12.1. The molecule has 0 amide bonds. The quantitative estimate of drug-likeness (QED) is 0.765. The molecule has 0 aliphatic heterocycles. The average Bonchev–Trinajstić information content (AvgIpc) is 2.26. The molecule has 1 unspecified atom stereocenters. The van der Waals surface area contributed by atoms with Crippen molar-refractivity contribution in [3.05, 3.63) is 29.8 Å². The van der Waals surface area contributed by atoms with Gasteiger partial charge in [-0.15, -0.1) is 5.92 Å². The molecule has 84 valence electrons. The third kappa shape index (κ3) is 2.77. The molecule has 3 heteroatoms. The highest BCUT2D eigenvalue weighted by Gasteiger charge is 2.23. The Labute approximate surface area is 94.7 Å². The van der Waals surface area contributed by atoms with Gasteiger partial charge in [0.2, 0.25) is 0 Å². The molecule has 0 radical (unpaired) electrons. The van der Waals surface area contributed by atoms with Gasteiger partial charge in [0.25, 0.3) is 0 Å². The summed E-state index contributed by atoms with van der Waals surface area (Å²) in [6.45, 7) is 3.31. The lowest BCUT2D eigenvalue weighted by atomic mass is 9.88. The van der Waals surface area contributed by atoms with Crippen LogP contribution in [0.4, 0.5) is 0 Å². The summed E-state index contributed by atoms with van der Waals surface area (Å²) in [6.07, 6.45) is 0. The highest BCUT2D eigenvalue weighted by Crippen LogP contribution is 2.25. The monoisotopic (exact) mass is 218 g/mol. The van der Waals surface area contributed by atoms with E-state index in [1.807, 2.05) is 0 Å². The second-order valence-corrected chi connectivity index (χ2v) is 3.59. The molecule has 0 heterocycles. The van der Waals surface area contributed by atoms with Crippen LogP contribution in [0.25, 0.3) is 0 Å². The number of phenols is 1. The minimum Gasteiger partial charge on any atom is -0.508 e. The van der Waals surface area contributed by atoms with E-state index in [1.165, 1.54) is 12.1 Å². The Morgan fingerprint density at radius 3 is 2.31 bits per heavy atom. The topological polar surface area (TPSA) is 57.5 Å². The third-order valence-electron chi connectivity index (χ3n) is 2.44. The summed E-state index contributed by atoms with van der Waals surface area (Å²) in [6, 6.07) is 6.47. The predicted octanol–water partition coefficient (Wildman–Crippen LogP) is 2.22. The van der Waals surface area contributed by atoms with Crippen LogP contribution in [0.1, 0.15) is 25.3 Å². The van der Waals surface area contributed by atoms with E-state index in [1.54, 1.807) is 26.0 Å². The maximum atomic E-state index is 10.9. The van der Waals surface area contributed by atoms with Crippen molar-refractivity contribution in [1.29, 1.82) is 0 Å². The molecule has 0 bridgehead atoms. The standard InChI is InChI=1S/C13H14O3/c1-3-4-12(9(2)13(15)16)10-5-7-11(14)8-6-10/h5-9,12,14H,1-2H3,(H,15,16)/t9-,12?/m0/s1. The van der Waals surface area contributed by atoms with Gasteiger partial charge < -0.3 is 10.2 Å². The van der Waals surface area contributed by atoms with Gasteiger partial charge in [-0.25, -0.2) is 0 Å². The highest BCUT2D eigenvalue weighted by molar-refractivity contribution is 5.71. The van der Waals surface area contributed by atoms with Gasteiger partial charge in [-0.1, -0.05) is 25.0 Å². The zero-order valence-corrected chi connectivity index (χ0v) is 9.27. The Morgan fingerprint density at radius 1 is 1.31 bits per heavy atom. The van der Waals surface area contributed by atoms with E-state index in [2.05, 4.69) is 11.8 Å². The van der Waals surface area contributed by atoms with Crippen molar-refractivity contribution < 1.29 is 15.0 Å². The average molecular weight is 218 g/mol. The second-order valence-electron chi connectivity index (χ2n) is 3.59. The largest absolute Gasteiger partial charge is 0.508 e. The molecule has 3 nitrogen and oxygen atoms in total. The molecule has 16 heavy (non-hydrogen) atoms. The van der Waals surface area contributed by atoms with Gasteiger partial charge in [-0.3, -0.25) is 4.79 Å². The van der Waals surface area contributed by atoms with E-state index >= 15 is 0 Å². The Morgan fingerprint density at radius 2 is 1.88 bits per heavy atom. The molecular weight excluding hydrogens is 204 g/mol. The Hall–Kier alpha value is -1.95. The smallest absolute Gasteiger partial charge is 0.307 e. The van der Waals surface area contributed by atoms with E-state index in [4.69, 9.17) is 10.2 Å². The van der Waals surface area contributed by atoms with Gasteiger partial charge in [-0.05, 0) is 24.6 Å². The van der Waals surface area contributed by atoms with Crippen LogP contribution in [-0.2, 0) is 4.79 Å². The number of carboxylic acids is 1. The van der Waals surface area contributed by atoms with Crippen molar-refractivity contribution in [2.45, 2.75) is 19.8 Å². The van der Waals surface area contributed by atoms with Gasteiger partial charge in [-0.2, -0.15) is 0 Å². The molecule has 1 rings (SSSR count). The van der Waals surface area contributed by atoms with Gasteiger partial charge in [0.15, 0.2) is 0 Å². The minimum atomic E-state index is -0.874. The number of hydrogen-bond acceptors (Lipinski definition) is 2. The lowest BCUT2D eigenvalue weighted by Crippen LogP contribution is -2.17. The molecule has 2 atom stereocenters. The van der Waals surface area contributed by atoms with E-state index in [-0.39, 0.29) is 11.7 Å². The fourth-order valence-electron chi connectivity index (χ4n) is 1.48. The van der Waals surface area contributed by atoms with E-state index in [0.717, 1.165) is 5.56 Å². The lowest BCUT2D eigenvalue weighted by Gasteiger charge is -2.15. The first kappa shape index (κ1) is 12.1. The van der Waals surface area contributed by atoms with Crippen molar-refractivity contribution in [2.75, 3.05) is 0 Å². The van der Waals surface area contributed by atoms with Gasteiger partial charge in [0, 0.05) is 0 Å². The lowest BCUT2D eigenvalue weighted by molar-refractivity contribution is -0.141. The molecule has 0 saturated carbocycles. The number of phenolic OH excluding ortho intramolecular Hbond substituents is 1. The van der Waals surface area contributed by atoms with Crippen LogP contribution < -0.4 is 0 Å². The molecule has 0 fully saturated rings. The second kappa shape index (κ2) is 5.22. The SMILES string of the molecule is CC#CC(c1ccc(O)cc1)[C@H](C)C(=O)O. The summed E-state index contributed by atoms with van der Waals surface area (Å²) in [5, 5.41) is 18.1. The third-order valence-corrected chi connectivity index (χ3v) is 2.44. The minimum absolute atomic E-state index is 0.162. The fourth-order valence-corrected chi connectivity index (χ4v) is 1.48. The zero-order valence-electron chi connectivity index (χ0n) is 9.27. The number of rotatable bonds is 3. The predicted molar refractivity (Wildman–Crippen MR) is 61.1 cm³/mol. The summed E-state index contributed by atoms with van der Waals surface area (Å²) in [7, 11) is 0. The van der Waals surface area contributed by atoms with E-state index in [0.29, 0.717) is 0 Å². The van der Waals surface area contributed by atoms with Crippen molar-refractivity contribution in [2.24, 2.45) is 5.92 Å². The Bertz CT molecular complexity index is 423. The molecule has 2 N–H and O–H groups in total. The van der Waals surface area contributed by atoms with Crippen LogP contribution in [0.2, 0.25) is 0 Å². The first-order valence-corrected chi connectivity index (χ1v) is 5.00. The normalized spacial score (nSPS) is 13.4. The van der Waals surface area contributed by atoms with Gasteiger partial charge >= 0.3 is 5.97 Å². The van der Waals surface area contributed by atoms with E-state index < -0.39 is 11.9 Å². The number of hydrogen-bond donors (Lipinski definition) is 2. The van der Waals surface area contributed by atoms with Crippen LogP contribution >= 0.6 is 0 Å². The van der Waals surface area contributed by atoms with Crippen molar-refractivity contribution in [3.63, 3.8) is 0 Å². The first-order chi connectivity index (χ1) is 7.56. The van der Waals surface area contributed by atoms with Crippen molar-refractivity contribution in [1.82, 2.24) is 0 Å². The summed E-state index contributed by atoms with van der Waals surface area (Å²) in [5.74, 6) is 4.00. The van der Waals surface area contributed by atoms with Crippen LogP contribution in [-0.4, -0.2) is 16.2 Å². The summed E-state index contributed by atoms with van der Waals surface area (Å²) in [5.41, 5.74) is 0.807. The highest BCUT2D eigenvalue weighted by atomic mass is 16.4. The molecule has 0 spiro atoms. The number of benzene rings is 1. The molecule has 0 aliphatic rings. The van der Waals surface area contributed by atoms with E-state index in [9.17, 15) is 4.79 Å². The molecule has 0 saturated heterocycles. The number of carboxylic acid groups (broad SMARTS) is 1. The van der Waals surface area contributed by atoms with Crippen LogP contribution in [0.15, 0.2) is 24.3 Å². The van der Waals surface area contributed by atoms with Crippen LogP contribution in [0, 0.1) is 17.8 Å². The van der Waals surface area contributed by atoms with Crippen LogP contribution in [0.3, 0.4) is 0 Å². The summed E-state index contributed by atoms with van der Waals surface area (Å²) in [4.78, 5) is 10.9. The molecule has 0 aromatic heterocycles. The Kier molecular flexibility index (Phi) is 3.96. The fraction of sp³-hybridized carbons (Fsp3) is 0.308.